The number of aryl methyl sites for hydroxylation is 2. The van der Waals surface area contributed by atoms with Crippen LogP contribution in [0.2, 0.25) is 0 Å². The van der Waals surface area contributed by atoms with E-state index in [0.717, 1.165) is 11.1 Å². The van der Waals surface area contributed by atoms with Crippen LogP contribution in [0.15, 0.2) is 36.4 Å². The van der Waals surface area contributed by atoms with Crippen LogP contribution in [0.5, 0.6) is 0 Å². The van der Waals surface area contributed by atoms with E-state index in [1.54, 1.807) is 38.1 Å². The predicted octanol–water partition coefficient (Wildman–Crippen LogP) is 3.24. The lowest BCUT2D eigenvalue weighted by molar-refractivity contribution is -0.142. The molecule has 6 heteroatoms. The minimum absolute atomic E-state index is 0.0521. The summed E-state index contributed by atoms with van der Waals surface area (Å²) >= 11 is 0. The van der Waals surface area contributed by atoms with Crippen molar-refractivity contribution < 1.29 is 18.8 Å². The van der Waals surface area contributed by atoms with Gasteiger partial charge in [-0.2, -0.15) is 0 Å². The third-order valence-corrected chi connectivity index (χ3v) is 3.99. The SMILES string of the molecule is CC(=O)c1c(C)cc(NC(=O)C(=O)N(C)Cc2cccc(F)c2)cc1C. The average molecular weight is 356 g/mol. The van der Waals surface area contributed by atoms with Crippen molar-refractivity contribution in [2.45, 2.75) is 27.3 Å². The molecule has 2 rings (SSSR count). The molecular weight excluding hydrogens is 335 g/mol. The molecule has 0 bridgehead atoms. The number of hydrogen-bond acceptors (Lipinski definition) is 3. The van der Waals surface area contributed by atoms with Gasteiger partial charge in [-0.3, -0.25) is 14.4 Å². The predicted molar refractivity (Wildman–Crippen MR) is 97.4 cm³/mol. The van der Waals surface area contributed by atoms with Crippen molar-refractivity contribution in [3.05, 3.63) is 64.5 Å². The van der Waals surface area contributed by atoms with Crippen molar-refractivity contribution in [3.63, 3.8) is 0 Å². The number of halogens is 1. The van der Waals surface area contributed by atoms with Gasteiger partial charge in [0, 0.05) is 24.8 Å². The van der Waals surface area contributed by atoms with Gasteiger partial charge in [-0.1, -0.05) is 12.1 Å². The van der Waals surface area contributed by atoms with Gasteiger partial charge < -0.3 is 10.2 Å². The van der Waals surface area contributed by atoms with Gasteiger partial charge in [-0.05, 0) is 61.7 Å². The second-order valence-corrected chi connectivity index (χ2v) is 6.29. The maximum absolute atomic E-state index is 13.2. The Hall–Kier alpha value is -3.02. The summed E-state index contributed by atoms with van der Waals surface area (Å²) in [6, 6.07) is 9.16. The summed E-state index contributed by atoms with van der Waals surface area (Å²) in [6.45, 7) is 5.15. The molecule has 0 atom stereocenters. The molecular formula is C20H21FN2O3. The van der Waals surface area contributed by atoms with Crippen LogP contribution in [-0.4, -0.2) is 29.5 Å². The number of amides is 2. The first-order chi connectivity index (χ1) is 12.2. The molecule has 0 fully saturated rings. The van der Waals surface area contributed by atoms with E-state index in [4.69, 9.17) is 0 Å². The number of benzene rings is 2. The van der Waals surface area contributed by atoms with Gasteiger partial charge in [0.2, 0.25) is 0 Å². The number of nitrogens with zero attached hydrogens (tertiary/aromatic N) is 1. The van der Waals surface area contributed by atoms with E-state index >= 15 is 0 Å². The maximum atomic E-state index is 13.2. The Labute approximate surface area is 151 Å². The molecule has 0 aliphatic rings. The molecule has 5 nitrogen and oxygen atoms in total. The van der Waals surface area contributed by atoms with Crippen LogP contribution < -0.4 is 5.32 Å². The van der Waals surface area contributed by atoms with Gasteiger partial charge in [0.1, 0.15) is 5.82 Å². The molecule has 0 aliphatic carbocycles. The first-order valence-electron chi connectivity index (χ1n) is 8.12. The summed E-state index contributed by atoms with van der Waals surface area (Å²) in [5, 5.41) is 2.55. The highest BCUT2D eigenvalue weighted by molar-refractivity contribution is 6.39. The van der Waals surface area contributed by atoms with Crippen molar-refractivity contribution in [1.29, 1.82) is 0 Å². The van der Waals surface area contributed by atoms with Crippen LogP contribution >= 0.6 is 0 Å². The van der Waals surface area contributed by atoms with E-state index < -0.39 is 17.6 Å². The fourth-order valence-corrected chi connectivity index (χ4v) is 2.93. The van der Waals surface area contributed by atoms with Crippen molar-refractivity contribution in [2.24, 2.45) is 0 Å². The summed E-state index contributed by atoms with van der Waals surface area (Å²) in [5.74, 6) is -1.98. The number of ketones is 1. The molecule has 2 amide bonds. The standard InChI is InChI=1S/C20H21FN2O3/c1-12-8-17(9-13(2)18(12)14(3)24)22-19(25)20(26)23(4)11-15-6-5-7-16(21)10-15/h5-10H,11H2,1-4H3,(H,22,25). The highest BCUT2D eigenvalue weighted by atomic mass is 19.1. The summed E-state index contributed by atoms with van der Waals surface area (Å²) in [7, 11) is 1.47. The van der Waals surface area contributed by atoms with Crippen molar-refractivity contribution >= 4 is 23.3 Å². The molecule has 0 aliphatic heterocycles. The summed E-state index contributed by atoms with van der Waals surface area (Å²) in [4.78, 5) is 37.3. The fourth-order valence-electron chi connectivity index (χ4n) is 2.93. The van der Waals surface area contributed by atoms with Gasteiger partial charge in [0.15, 0.2) is 5.78 Å². The Morgan fingerprint density at radius 3 is 2.23 bits per heavy atom. The zero-order valence-electron chi connectivity index (χ0n) is 15.2. The van der Waals surface area contributed by atoms with E-state index in [9.17, 15) is 18.8 Å². The van der Waals surface area contributed by atoms with Crippen LogP contribution in [0.1, 0.15) is 34.0 Å². The quantitative estimate of drug-likeness (QED) is 0.675. The first-order valence-corrected chi connectivity index (χ1v) is 8.12. The minimum Gasteiger partial charge on any atom is -0.333 e. The van der Waals surface area contributed by atoms with Crippen molar-refractivity contribution in [1.82, 2.24) is 4.90 Å². The third kappa shape index (κ3) is 4.53. The third-order valence-electron chi connectivity index (χ3n) is 3.99. The number of carbonyl (C=O) groups is 3. The summed E-state index contributed by atoms with van der Waals surface area (Å²) in [5.41, 5.74) is 3.10. The van der Waals surface area contributed by atoms with E-state index in [2.05, 4.69) is 5.32 Å². The monoisotopic (exact) mass is 356 g/mol. The second-order valence-electron chi connectivity index (χ2n) is 6.29. The molecule has 26 heavy (non-hydrogen) atoms. The van der Waals surface area contributed by atoms with E-state index in [0.29, 0.717) is 16.8 Å². The molecule has 0 saturated heterocycles. The Balaban J connectivity index is 2.09. The fraction of sp³-hybridized carbons (Fsp3) is 0.250. The molecule has 1 N–H and O–H groups in total. The van der Waals surface area contributed by atoms with Gasteiger partial charge in [0.05, 0.1) is 0 Å². The number of likely N-dealkylation sites (N-methyl/N-ethyl adjacent to an activating group) is 1. The average Bonchev–Trinajstić information content (AvgIpc) is 2.52. The smallest absolute Gasteiger partial charge is 0.313 e. The van der Waals surface area contributed by atoms with Crippen LogP contribution in [-0.2, 0) is 16.1 Å². The molecule has 0 saturated carbocycles. The largest absolute Gasteiger partial charge is 0.333 e. The van der Waals surface area contributed by atoms with Crippen LogP contribution in [0.25, 0.3) is 0 Å². The minimum atomic E-state index is -0.793. The van der Waals surface area contributed by atoms with Crippen molar-refractivity contribution in [2.75, 3.05) is 12.4 Å². The number of carbonyl (C=O) groups excluding carboxylic acids is 3. The molecule has 136 valence electrons. The number of Topliss-reactive ketones (excluding diaryl/α,β-unsaturated/α-hetero) is 1. The Morgan fingerprint density at radius 2 is 1.69 bits per heavy atom. The second kappa shape index (κ2) is 7.91. The zero-order valence-corrected chi connectivity index (χ0v) is 15.2. The Bertz CT molecular complexity index is 854. The number of nitrogens with one attached hydrogen (secondary N) is 1. The van der Waals surface area contributed by atoms with E-state index in [1.165, 1.54) is 31.0 Å². The van der Waals surface area contributed by atoms with Crippen LogP contribution in [0, 0.1) is 19.7 Å². The highest BCUT2D eigenvalue weighted by Gasteiger charge is 2.20. The van der Waals surface area contributed by atoms with Crippen molar-refractivity contribution in [3.8, 4) is 0 Å². The Kier molecular flexibility index (Phi) is 5.87. The van der Waals surface area contributed by atoms with Gasteiger partial charge in [-0.25, -0.2) is 4.39 Å². The molecule has 0 heterocycles. The number of anilines is 1. The molecule has 0 aromatic heterocycles. The lowest BCUT2D eigenvalue weighted by Crippen LogP contribution is -2.36. The van der Waals surface area contributed by atoms with Crippen LogP contribution in [0.4, 0.5) is 10.1 Å². The van der Waals surface area contributed by atoms with Crippen LogP contribution in [0.3, 0.4) is 0 Å². The maximum Gasteiger partial charge on any atom is 0.313 e. The topological polar surface area (TPSA) is 66.5 Å². The summed E-state index contributed by atoms with van der Waals surface area (Å²) in [6.07, 6.45) is 0. The van der Waals surface area contributed by atoms with Gasteiger partial charge in [0.25, 0.3) is 0 Å². The van der Waals surface area contributed by atoms with Gasteiger partial charge >= 0.3 is 11.8 Å². The molecule has 0 spiro atoms. The Morgan fingerprint density at radius 1 is 1.08 bits per heavy atom. The first kappa shape index (κ1) is 19.3. The lowest BCUT2D eigenvalue weighted by atomic mass is 9.99. The normalized spacial score (nSPS) is 10.3. The number of rotatable bonds is 4. The molecule has 2 aromatic rings. The molecule has 2 aromatic carbocycles. The summed E-state index contributed by atoms with van der Waals surface area (Å²) < 4.78 is 13.2. The zero-order chi connectivity index (χ0) is 19.4. The van der Waals surface area contributed by atoms with E-state index in [1.807, 2.05) is 0 Å². The molecule has 0 unspecified atom stereocenters. The molecule has 0 radical (unpaired) electrons. The number of hydrogen-bond donors (Lipinski definition) is 1. The lowest BCUT2D eigenvalue weighted by Gasteiger charge is -2.17. The highest BCUT2D eigenvalue weighted by Crippen LogP contribution is 2.20. The van der Waals surface area contributed by atoms with Gasteiger partial charge in [-0.15, -0.1) is 0 Å². The van der Waals surface area contributed by atoms with E-state index in [-0.39, 0.29) is 12.3 Å².